The summed E-state index contributed by atoms with van der Waals surface area (Å²) in [6.45, 7) is 0.747. The maximum Gasteiger partial charge on any atom is 0.222 e. The van der Waals surface area contributed by atoms with Crippen LogP contribution in [-0.2, 0) is 13.5 Å². The van der Waals surface area contributed by atoms with Gasteiger partial charge >= 0.3 is 0 Å². The fourth-order valence-corrected chi connectivity index (χ4v) is 1.44. The Labute approximate surface area is 99.7 Å². The van der Waals surface area contributed by atoms with Gasteiger partial charge in [-0.25, -0.2) is 15.0 Å². The summed E-state index contributed by atoms with van der Waals surface area (Å²) in [7, 11) is 3.57. The average molecular weight is 233 g/mol. The summed E-state index contributed by atoms with van der Waals surface area (Å²) in [5.74, 6) is 2.28. The first-order valence-corrected chi connectivity index (χ1v) is 5.35. The number of nitrogens with one attached hydrogen (secondary N) is 1. The van der Waals surface area contributed by atoms with Crippen LogP contribution in [0, 0.1) is 0 Å². The third kappa shape index (κ3) is 2.93. The Morgan fingerprint density at radius 3 is 2.65 bits per heavy atom. The number of aromatic nitrogens is 4. The number of rotatable bonds is 5. The summed E-state index contributed by atoms with van der Waals surface area (Å²) in [6, 6.07) is 0. The lowest BCUT2D eigenvalue weighted by atomic mass is 10.4. The minimum atomic E-state index is 0.597. The van der Waals surface area contributed by atoms with E-state index in [2.05, 4.69) is 20.3 Å². The van der Waals surface area contributed by atoms with Crippen molar-refractivity contribution in [3.05, 3.63) is 30.6 Å². The molecule has 17 heavy (non-hydrogen) atoms. The molecule has 0 atom stereocenters. The van der Waals surface area contributed by atoms with E-state index in [1.807, 2.05) is 17.8 Å². The molecule has 6 nitrogen and oxygen atoms in total. The highest BCUT2D eigenvalue weighted by Gasteiger charge is 2.00. The third-order valence-electron chi connectivity index (χ3n) is 2.42. The van der Waals surface area contributed by atoms with Crippen LogP contribution in [0.4, 0.5) is 5.95 Å². The van der Waals surface area contributed by atoms with Crippen molar-refractivity contribution in [3.8, 4) is 5.75 Å². The fraction of sp³-hybridized carbons (Fsp3) is 0.364. The molecule has 0 aromatic carbocycles. The van der Waals surface area contributed by atoms with Gasteiger partial charge in [0.2, 0.25) is 5.95 Å². The van der Waals surface area contributed by atoms with Gasteiger partial charge in [0.15, 0.2) is 5.75 Å². The zero-order valence-corrected chi connectivity index (χ0v) is 9.92. The number of aryl methyl sites for hydroxylation is 1. The molecule has 0 unspecified atom stereocenters. The molecule has 0 fully saturated rings. The van der Waals surface area contributed by atoms with E-state index in [0.717, 1.165) is 18.8 Å². The number of ether oxygens (including phenoxy) is 1. The van der Waals surface area contributed by atoms with Crippen molar-refractivity contribution in [2.45, 2.75) is 6.42 Å². The topological polar surface area (TPSA) is 64.9 Å². The lowest BCUT2D eigenvalue weighted by molar-refractivity contribution is 0.411. The lowest BCUT2D eigenvalue weighted by Crippen LogP contribution is -2.10. The second-order valence-corrected chi connectivity index (χ2v) is 3.58. The molecular weight excluding hydrogens is 218 g/mol. The van der Waals surface area contributed by atoms with E-state index in [1.54, 1.807) is 25.7 Å². The van der Waals surface area contributed by atoms with E-state index in [1.165, 1.54) is 0 Å². The van der Waals surface area contributed by atoms with Crippen LogP contribution in [-0.4, -0.2) is 33.2 Å². The van der Waals surface area contributed by atoms with Gasteiger partial charge in [0.25, 0.3) is 0 Å². The second kappa shape index (κ2) is 5.29. The molecule has 1 N–H and O–H groups in total. The van der Waals surface area contributed by atoms with E-state index < -0.39 is 0 Å². The number of hydrogen-bond acceptors (Lipinski definition) is 5. The van der Waals surface area contributed by atoms with Crippen molar-refractivity contribution in [2.24, 2.45) is 7.05 Å². The highest BCUT2D eigenvalue weighted by atomic mass is 16.5. The van der Waals surface area contributed by atoms with E-state index >= 15 is 0 Å². The van der Waals surface area contributed by atoms with E-state index in [4.69, 9.17) is 4.74 Å². The van der Waals surface area contributed by atoms with Crippen molar-refractivity contribution in [3.63, 3.8) is 0 Å². The summed E-state index contributed by atoms with van der Waals surface area (Å²) < 4.78 is 6.98. The fourth-order valence-electron chi connectivity index (χ4n) is 1.44. The molecule has 0 aliphatic carbocycles. The van der Waals surface area contributed by atoms with Crippen LogP contribution < -0.4 is 10.1 Å². The first-order valence-electron chi connectivity index (χ1n) is 5.35. The molecule has 0 radical (unpaired) electrons. The second-order valence-electron chi connectivity index (χ2n) is 3.58. The predicted octanol–water partition coefficient (Wildman–Crippen LogP) is 0.873. The molecule has 0 saturated carbocycles. The lowest BCUT2D eigenvalue weighted by Gasteiger charge is -2.05. The van der Waals surface area contributed by atoms with E-state index in [9.17, 15) is 0 Å². The number of nitrogens with zero attached hydrogens (tertiary/aromatic N) is 4. The van der Waals surface area contributed by atoms with Gasteiger partial charge in [0.1, 0.15) is 5.82 Å². The van der Waals surface area contributed by atoms with Crippen molar-refractivity contribution >= 4 is 5.95 Å². The van der Waals surface area contributed by atoms with Gasteiger partial charge in [-0.2, -0.15) is 0 Å². The van der Waals surface area contributed by atoms with Crippen LogP contribution in [0.5, 0.6) is 5.75 Å². The highest BCUT2D eigenvalue weighted by Crippen LogP contribution is 2.07. The van der Waals surface area contributed by atoms with Crippen LogP contribution in [0.2, 0.25) is 0 Å². The predicted molar refractivity (Wildman–Crippen MR) is 64.0 cm³/mol. The Hall–Kier alpha value is -2.11. The van der Waals surface area contributed by atoms with Crippen molar-refractivity contribution < 1.29 is 4.74 Å². The molecule has 0 saturated heterocycles. The molecule has 2 aromatic heterocycles. The summed E-state index contributed by atoms with van der Waals surface area (Å²) in [6.07, 6.45) is 7.82. The Bertz CT molecular complexity index is 465. The smallest absolute Gasteiger partial charge is 0.222 e. The zero-order chi connectivity index (χ0) is 12.1. The number of imidazole rings is 1. The summed E-state index contributed by atoms with van der Waals surface area (Å²) in [4.78, 5) is 12.5. The van der Waals surface area contributed by atoms with Crippen molar-refractivity contribution in [1.29, 1.82) is 0 Å². The van der Waals surface area contributed by atoms with Crippen LogP contribution in [0.15, 0.2) is 24.8 Å². The molecule has 0 bridgehead atoms. The minimum absolute atomic E-state index is 0.597. The molecule has 0 aliphatic rings. The van der Waals surface area contributed by atoms with Crippen LogP contribution >= 0.6 is 0 Å². The van der Waals surface area contributed by atoms with Crippen molar-refractivity contribution in [2.75, 3.05) is 19.0 Å². The number of hydrogen-bond donors (Lipinski definition) is 1. The van der Waals surface area contributed by atoms with Crippen molar-refractivity contribution in [1.82, 2.24) is 19.5 Å². The maximum atomic E-state index is 4.98. The van der Waals surface area contributed by atoms with E-state index in [0.29, 0.717) is 11.7 Å². The first-order chi connectivity index (χ1) is 8.29. The van der Waals surface area contributed by atoms with Crippen LogP contribution in [0.25, 0.3) is 0 Å². The molecule has 90 valence electrons. The molecule has 2 rings (SSSR count). The zero-order valence-electron chi connectivity index (χ0n) is 9.92. The van der Waals surface area contributed by atoms with Gasteiger partial charge < -0.3 is 14.6 Å². The van der Waals surface area contributed by atoms with Crippen LogP contribution in [0.1, 0.15) is 5.82 Å². The molecule has 2 heterocycles. The number of methoxy groups -OCH3 is 1. The van der Waals surface area contributed by atoms with Gasteiger partial charge in [0.05, 0.1) is 19.5 Å². The van der Waals surface area contributed by atoms with Gasteiger partial charge in [-0.1, -0.05) is 0 Å². The molecule has 2 aromatic rings. The minimum Gasteiger partial charge on any atom is -0.494 e. The Morgan fingerprint density at radius 2 is 2.06 bits per heavy atom. The molecule has 6 heteroatoms. The Balaban J connectivity index is 1.83. The highest BCUT2D eigenvalue weighted by molar-refractivity contribution is 5.26. The molecular formula is C11H15N5O. The molecule has 0 amide bonds. The third-order valence-corrected chi connectivity index (χ3v) is 2.42. The quantitative estimate of drug-likeness (QED) is 0.830. The standard InChI is InChI=1S/C11H15N5O/c1-16-6-5-12-10(16)3-4-13-11-14-7-9(17-2)8-15-11/h5-8H,3-4H2,1-2H3,(H,13,14,15). The largest absolute Gasteiger partial charge is 0.494 e. The monoisotopic (exact) mass is 233 g/mol. The SMILES string of the molecule is COc1cnc(NCCc2nccn2C)nc1. The van der Waals surface area contributed by atoms with Gasteiger partial charge in [0, 0.05) is 32.4 Å². The van der Waals surface area contributed by atoms with Gasteiger partial charge in [-0.15, -0.1) is 0 Å². The molecule has 0 aliphatic heterocycles. The Kier molecular flexibility index (Phi) is 3.54. The van der Waals surface area contributed by atoms with Gasteiger partial charge in [-0.3, -0.25) is 0 Å². The number of anilines is 1. The van der Waals surface area contributed by atoms with Crippen LogP contribution in [0.3, 0.4) is 0 Å². The average Bonchev–Trinajstić information content (AvgIpc) is 2.76. The van der Waals surface area contributed by atoms with E-state index in [-0.39, 0.29) is 0 Å². The summed E-state index contributed by atoms with van der Waals surface area (Å²) in [5.41, 5.74) is 0. The summed E-state index contributed by atoms with van der Waals surface area (Å²) >= 11 is 0. The summed E-state index contributed by atoms with van der Waals surface area (Å²) in [5, 5.41) is 3.13. The Morgan fingerprint density at radius 1 is 1.29 bits per heavy atom. The first kappa shape index (κ1) is 11.4. The van der Waals surface area contributed by atoms with Gasteiger partial charge in [-0.05, 0) is 0 Å². The normalized spacial score (nSPS) is 10.2. The molecule has 0 spiro atoms. The maximum absolute atomic E-state index is 4.98.